The first-order chi connectivity index (χ1) is 6.79. The second kappa shape index (κ2) is 4.60. The smallest absolute Gasteiger partial charge is 0.0779 e. The van der Waals surface area contributed by atoms with Crippen molar-refractivity contribution in [2.45, 2.75) is 44.2 Å². The van der Waals surface area contributed by atoms with Crippen LogP contribution in [0.4, 0.5) is 0 Å². The maximum atomic E-state index is 5.75. The van der Waals surface area contributed by atoms with Crippen LogP contribution in [0.5, 0.6) is 0 Å². The van der Waals surface area contributed by atoms with Crippen molar-refractivity contribution in [1.82, 2.24) is 10.6 Å². The summed E-state index contributed by atoms with van der Waals surface area (Å²) >= 11 is 0. The van der Waals surface area contributed by atoms with Crippen LogP contribution in [0.3, 0.4) is 0 Å². The van der Waals surface area contributed by atoms with Gasteiger partial charge in [-0.2, -0.15) is 0 Å². The molecule has 0 bridgehead atoms. The molecule has 1 atom stereocenters. The molecule has 2 rings (SSSR count). The Morgan fingerprint density at radius 1 is 1.43 bits per heavy atom. The van der Waals surface area contributed by atoms with Crippen molar-refractivity contribution < 1.29 is 4.74 Å². The van der Waals surface area contributed by atoms with E-state index in [0.29, 0.717) is 6.04 Å². The summed E-state index contributed by atoms with van der Waals surface area (Å²) in [6, 6.07) is 0.706. The van der Waals surface area contributed by atoms with E-state index < -0.39 is 0 Å². The van der Waals surface area contributed by atoms with E-state index in [9.17, 15) is 0 Å². The monoisotopic (exact) mass is 198 g/mol. The summed E-state index contributed by atoms with van der Waals surface area (Å²) in [6.07, 6.45) is 4.96. The van der Waals surface area contributed by atoms with Crippen LogP contribution in [0.2, 0.25) is 0 Å². The molecular weight excluding hydrogens is 176 g/mol. The van der Waals surface area contributed by atoms with Gasteiger partial charge in [-0.15, -0.1) is 0 Å². The molecule has 2 aliphatic heterocycles. The highest BCUT2D eigenvalue weighted by Crippen LogP contribution is 2.24. The number of hydrogen-bond donors (Lipinski definition) is 2. The van der Waals surface area contributed by atoms with Gasteiger partial charge < -0.3 is 15.4 Å². The molecule has 14 heavy (non-hydrogen) atoms. The van der Waals surface area contributed by atoms with Crippen LogP contribution in [0.1, 0.15) is 32.6 Å². The Morgan fingerprint density at radius 2 is 2.21 bits per heavy atom. The summed E-state index contributed by atoms with van der Waals surface area (Å²) in [6.45, 7) is 6.53. The van der Waals surface area contributed by atoms with Gasteiger partial charge in [-0.25, -0.2) is 0 Å². The van der Waals surface area contributed by atoms with Gasteiger partial charge in [0.1, 0.15) is 0 Å². The largest absolute Gasteiger partial charge is 0.374 e. The van der Waals surface area contributed by atoms with Crippen LogP contribution in [-0.2, 0) is 4.74 Å². The molecule has 2 heterocycles. The maximum Gasteiger partial charge on any atom is 0.0779 e. The first kappa shape index (κ1) is 10.4. The molecule has 2 fully saturated rings. The molecular formula is C11H22N2O. The van der Waals surface area contributed by atoms with Gasteiger partial charge in [0, 0.05) is 19.2 Å². The van der Waals surface area contributed by atoms with Crippen LogP contribution >= 0.6 is 0 Å². The van der Waals surface area contributed by atoms with E-state index in [4.69, 9.17) is 4.74 Å². The fraction of sp³-hybridized carbons (Fsp3) is 1.00. The molecule has 0 aromatic carbocycles. The first-order valence-electron chi connectivity index (χ1n) is 5.87. The lowest BCUT2D eigenvalue weighted by Gasteiger charge is -2.29. The molecule has 0 radical (unpaired) electrons. The van der Waals surface area contributed by atoms with Crippen molar-refractivity contribution >= 4 is 0 Å². The van der Waals surface area contributed by atoms with Gasteiger partial charge in [0.05, 0.1) is 5.60 Å². The summed E-state index contributed by atoms with van der Waals surface area (Å²) in [5.74, 6) is 0. The second-order valence-corrected chi connectivity index (χ2v) is 4.81. The van der Waals surface area contributed by atoms with E-state index in [-0.39, 0.29) is 5.60 Å². The normalized spacial score (nSPS) is 34.9. The highest BCUT2D eigenvalue weighted by atomic mass is 16.5. The fourth-order valence-corrected chi connectivity index (χ4v) is 2.36. The Morgan fingerprint density at radius 3 is 2.86 bits per heavy atom. The minimum atomic E-state index is 0.116. The fourth-order valence-electron chi connectivity index (χ4n) is 2.36. The number of rotatable bonds is 3. The zero-order valence-electron chi connectivity index (χ0n) is 9.14. The average Bonchev–Trinajstić information content (AvgIpc) is 2.65. The van der Waals surface area contributed by atoms with Crippen molar-refractivity contribution in [3.63, 3.8) is 0 Å². The molecule has 0 aromatic heterocycles. The number of ether oxygens (including phenoxy) is 1. The van der Waals surface area contributed by atoms with E-state index in [0.717, 1.165) is 26.2 Å². The van der Waals surface area contributed by atoms with Crippen molar-refractivity contribution in [1.29, 1.82) is 0 Å². The Balaban J connectivity index is 1.70. The lowest BCUT2D eigenvalue weighted by atomic mass is 10.0. The van der Waals surface area contributed by atoms with E-state index in [2.05, 4.69) is 17.6 Å². The van der Waals surface area contributed by atoms with E-state index in [1.807, 2.05) is 0 Å². The van der Waals surface area contributed by atoms with E-state index >= 15 is 0 Å². The van der Waals surface area contributed by atoms with Gasteiger partial charge in [0.2, 0.25) is 0 Å². The molecule has 0 aromatic rings. The predicted molar refractivity (Wildman–Crippen MR) is 57.5 cm³/mol. The Labute approximate surface area is 86.6 Å². The highest BCUT2D eigenvalue weighted by Gasteiger charge is 2.30. The van der Waals surface area contributed by atoms with Crippen molar-refractivity contribution in [2.75, 3.05) is 26.2 Å². The van der Waals surface area contributed by atoms with Crippen molar-refractivity contribution in [3.05, 3.63) is 0 Å². The molecule has 0 amide bonds. The van der Waals surface area contributed by atoms with Crippen LogP contribution in [0.25, 0.3) is 0 Å². The minimum Gasteiger partial charge on any atom is -0.374 e. The Hall–Kier alpha value is -0.120. The third-order valence-corrected chi connectivity index (χ3v) is 3.40. The molecule has 1 unspecified atom stereocenters. The molecule has 2 aliphatic rings. The van der Waals surface area contributed by atoms with Gasteiger partial charge in [-0.1, -0.05) is 0 Å². The summed E-state index contributed by atoms with van der Waals surface area (Å²) in [7, 11) is 0. The van der Waals surface area contributed by atoms with Crippen molar-refractivity contribution in [2.24, 2.45) is 0 Å². The zero-order valence-corrected chi connectivity index (χ0v) is 9.14. The lowest BCUT2D eigenvalue weighted by molar-refractivity contribution is 0.0180. The Kier molecular flexibility index (Phi) is 3.42. The molecule has 0 saturated carbocycles. The molecule has 82 valence electrons. The van der Waals surface area contributed by atoms with Crippen LogP contribution in [-0.4, -0.2) is 37.9 Å². The third kappa shape index (κ3) is 2.69. The van der Waals surface area contributed by atoms with Crippen LogP contribution < -0.4 is 10.6 Å². The zero-order chi connectivity index (χ0) is 9.86. The lowest BCUT2D eigenvalue weighted by Crippen LogP contribution is -2.46. The predicted octanol–water partition coefficient (Wildman–Crippen LogP) is 0.897. The Bertz CT molecular complexity index is 172. The number of nitrogens with one attached hydrogen (secondary N) is 2. The molecule has 0 aliphatic carbocycles. The summed E-state index contributed by atoms with van der Waals surface area (Å²) in [5.41, 5.74) is 0.116. The quantitative estimate of drug-likeness (QED) is 0.707. The molecule has 3 nitrogen and oxygen atoms in total. The summed E-state index contributed by atoms with van der Waals surface area (Å²) < 4.78 is 5.75. The topological polar surface area (TPSA) is 33.3 Å². The van der Waals surface area contributed by atoms with Gasteiger partial charge >= 0.3 is 0 Å². The maximum absolute atomic E-state index is 5.75. The molecule has 2 saturated heterocycles. The minimum absolute atomic E-state index is 0.116. The van der Waals surface area contributed by atoms with Gasteiger partial charge in [0.15, 0.2) is 0 Å². The van der Waals surface area contributed by atoms with Gasteiger partial charge in [-0.3, -0.25) is 0 Å². The molecule has 0 spiro atoms. The van der Waals surface area contributed by atoms with Crippen LogP contribution in [0.15, 0.2) is 0 Å². The number of hydrogen-bond acceptors (Lipinski definition) is 3. The van der Waals surface area contributed by atoms with Gasteiger partial charge in [0.25, 0.3) is 0 Å². The average molecular weight is 198 g/mol. The first-order valence-corrected chi connectivity index (χ1v) is 5.87. The highest BCUT2D eigenvalue weighted by molar-refractivity contribution is 4.85. The SMILES string of the molecule is CC1(CNC2CCNCC2)CCCO1. The van der Waals surface area contributed by atoms with E-state index in [1.165, 1.54) is 25.7 Å². The third-order valence-electron chi connectivity index (χ3n) is 3.40. The second-order valence-electron chi connectivity index (χ2n) is 4.81. The number of piperidine rings is 1. The van der Waals surface area contributed by atoms with Gasteiger partial charge in [-0.05, 0) is 45.7 Å². The molecule has 3 heteroatoms. The van der Waals surface area contributed by atoms with E-state index in [1.54, 1.807) is 0 Å². The van der Waals surface area contributed by atoms with Crippen LogP contribution in [0, 0.1) is 0 Å². The molecule has 2 N–H and O–H groups in total. The summed E-state index contributed by atoms with van der Waals surface area (Å²) in [4.78, 5) is 0. The standard InChI is InChI=1S/C11H22N2O/c1-11(5-2-8-14-11)9-13-10-3-6-12-7-4-10/h10,12-13H,2-9H2,1H3. The van der Waals surface area contributed by atoms with Crippen molar-refractivity contribution in [3.8, 4) is 0 Å². The summed E-state index contributed by atoms with van der Waals surface area (Å²) in [5, 5.41) is 7.02.